The van der Waals surface area contributed by atoms with Crippen molar-refractivity contribution in [3.05, 3.63) is 41.5 Å². The van der Waals surface area contributed by atoms with Crippen LogP contribution in [0.4, 0.5) is 5.69 Å². The molecule has 0 bridgehead atoms. The van der Waals surface area contributed by atoms with Crippen LogP contribution in [0.1, 0.15) is 19.4 Å². The Hall–Kier alpha value is -1.81. The summed E-state index contributed by atoms with van der Waals surface area (Å²) in [5, 5.41) is 12.1. The van der Waals surface area contributed by atoms with Crippen LogP contribution >= 0.6 is 0 Å². The summed E-state index contributed by atoms with van der Waals surface area (Å²) in [5.74, 6) is -0.860. The number of anilines is 1. The van der Waals surface area contributed by atoms with Crippen molar-refractivity contribution in [1.29, 1.82) is 0 Å². The van der Waals surface area contributed by atoms with Crippen LogP contribution in [-0.2, 0) is 11.2 Å². The molecule has 0 amide bonds. The lowest BCUT2D eigenvalue weighted by Gasteiger charge is -2.08. The van der Waals surface area contributed by atoms with Gasteiger partial charge in [-0.1, -0.05) is 23.8 Å². The number of benzene rings is 1. The van der Waals surface area contributed by atoms with Gasteiger partial charge >= 0.3 is 5.97 Å². The molecule has 0 aliphatic rings. The van der Waals surface area contributed by atoms with Crippen LogP contribution in [0.2, 0.25) is 0 Å². The van der Waals surface area contributed by atoms with Gasteiger partial charge in [0.15, 0.2) is 6.04 Å². The molecule has 1 atom stereocenters. The predicted octanol–water partition coefficient (Wildman–Crippen LogP) is 1.30. The summed E-state index contributed by atoms with van der Waals surface area (Å²) in [6, 6.07) is 7.22. The lowest BCUT2D eigenvalue weighted by Crippen LogP contribution is -2.65. The second-order valence-electron chi connectivity index (χ2n) is 4.42. The van der Waals surface area contributed by atoms with Gasteiger partial charge in [-0.25, -0.2) is 4.79 Å². The molecule has 1 aromatic rings. The highest BCUT2D eigenvalue weighted by Gasteiger charge is 2.15. The molecule has 0 aromatic heterocycles. The first kappa shape index (κ1) is 14.3. The van der Waals surface area contributed by atoms with Gasteiger partial charge in [0.25, 0.3) is 0 Å². The highest BCUT2D eigenvalue weighted by molar-refractivity contribution is 5.72. The van der Waals surface area contributed by atoms with Gasteiger partial charge in [0.2, 0.25) is 0 Å². The molecule has 4 heteroatoms. The van der Waals surface area contributed by atoms with Crippen molar-refractivity contribution in [2.75, 3.05) is 11.9 Å². The third kappa shape index (κ3) is 4.59. The Balaban J connectivity index is 2.55. The molecule has 18 heavy (non-hydrogen) atoms. The molecule has 0 fully saturated rings. The number of rotatable bonds is 6. The summed E-state index contributed by atoms with van der Waals surface area (Å²) in [6.07, 6.45) is 2.53. The molecule has 0 saturated carbocycles. The van der Waals surface area contributed by atoms with Crippen molar-refractivity contribution < 1.29 is 15.6 Å². The zero-order valence-corrected chi connectivity index (χ0v) is 10.9. The highest BCUT2D eigenvalue weighted by atomic mass is 16.4. The fourth-order valence-corrected chi connectivity index (χ4v) is 1.47. The van der Waals surface area contributed by atoms with Gasteiger partial charge in [-0.3, -0.25) is 0 Å². The van der Waals surface area contributed by atoms with Crippen LogP contribution in [0.3, 0.4) is 0 Å². The zero-order chi connectivity index (χ0) is 13.5. The summed E-state index contributed by atoms with van der Waals surface area (Å²) in [4.78, 5) is 10.7. The molecule has 1 aromatic carbocycles. The first-order valence-electron chi connectivity index (χ1n) is 6.03. The normalized spacial score (nSPS) is 13.2. The highest BCUT2D eigenvalue weighted by Crippen LogP contribution is 2.11. The van der Waals surface area contributed by atoms with Gasteiger partial charge in [-0.2, -0.15) is 0 Å². The number of allylic oxidation sites excluding steroid dienone is 1. The van der Waals surface area contributed by atoms with Gasteiger partial charge in [0.05, 0.1) is 0 Å². The van der Waals surface area contributed by atoms with E-state index in [1.807, 2.05) is 31.2 Å². The van der Waals surface area contributed by atoms with Gasteiger partial charge in [0, 0.05) is 18.7 Å². The van der Waals surface area contributed by atoms with Gasteiger partial charge in [-0.05, 0) is 31.5 Å². The second-order valence-corrected chi connectivity index (χ2v) is 4.42. The second kappa shape index (κ2) is 6.81. The summed E-state index contributed by atoms with van der Waals surface area (Å²) in [6.45, 7) is 4.91. The van der Waals surface area contributed by atoms with Crippen molar-refractivity contribution in [2.45, 2.75) is 26.3 Å². The third-order valence-corrected chi connectivity index (χ3v) is 2.85. The Morgan fingerprint density at radius 1 is 1.44 bits per heavy atom. The molecule has 5 N–H and O–H groups in total. The van der Waals surface area contributed by atoms with E-state index in [9.17, 15) is 4.79 Å². The van der Waals surface area contributed by atoms with E-state index in [1.165, 1.54) is 5.57 Å². The Labute approximate surface area is 108 Å². The number of carboxylic acid groups (broad SMARTS) is 1. The van der Waals surface area contributed by atoms with Crippen LogP contribution < -0.4 is 11.1 Å². The number of quaternary nitrogens is 1. The van der Waals surface area contributed by atoms with Crippen molar-refractivity contribution in [2.24, 2.45) is 0 Å². The number of hydrogen-bond donors (Lipinski definition) is 3. The zero-order valence-electron chi connectivity index (χ0n) is 10.9. The van der Waals surface area contributed by atoms with Crippen LogP contribution in [0, 0.1) is 0 Å². The molecule has 0 aliphatic carbocycles. The van der Waals surface area contributed by atoms with Gasteiger partial charge < -0.3 is 16.2 Å². The Morgan fingerprint density at radius 3 is 2.56 bits per heavy atom. The van der Waals surface area contributed by atoms with Crippen molar-refractivity contribution in [3.8, 4) is 0 Å². The molecule has 0 aliphatic heterocycles. The monoisotopic (exact) mass is 249 g/mol. The maximum absolute atomic E-state index is 10.7. The fraction of sp³-hybridized carbons (Fsp3) is 0.357. The van der Waals surface area contributed by atoms with Crippen molar-refractivity contribution >= 4 is 11.7 Å². The SMILES string of the molecule is CC=C(C)CNc1ccc(CC([NH3+])C(=O)O)cc1. The summed E-state index contributed by atoms with van der Waals surface area (Å²) in [5.41, 5.74) is 6.91. The van der Waals surface area contributed by atoms with Crippen molar-refractivity contribution in [3.63, 3.8) is 0 Å². The van der Waals surface area contributed by atoms with E-state index in [1.54, 1.807) is 0 Å². The smallest absolute Gasteiger partial charge is 0.362 e. The molecule has 0 saturated heterocycles. The first-order chi connectivity index (χ1) is 8.52. The Morgan fingerprint density at radius 2 is 2.06 bits per heavy atom. The molecule has 0 radical (unpaired) electrons. The Kier molecular flexibility index (Phi) is 5.39. The van der Waals surface area contributed by atoms with E-state index in [0.717, 1.165) is 17.8 Å². The quantitative estimate of drug-likeness (QED) is 0.665. The largest absolute Gasteiger partial charge is 0.477 e. The molecule has 1 unspecified atom stereocenters. The number of aliphatic carboxylic acids is 1. The lowest BCUT2D eigenvalue weighted by atomic mass is 10.1. The van der Waals surface area contributed by atoms with Crippen molar-refractivity contribution in [1.82, 2.24) is 0 Å². The molecule has 1 rings (SSSR count). The van der Waals surface area contributed by atoms with Crippen LogP contribution in [0.25, 0.3) is 0 Å². The topological polar surface area (TPSA) is 77.0 Å². The summed E-state index contributed by atoms with van der Waals surface area (Å²) >= 11 is 0. The summed E-state index contributed by atoms with van der Waals surface area (Å²) < 4.78 is 0. The van der Waals surface area contributed by atoms with E-state index < -0.39 is 12.0 Å². The molecule has 0 heterocycles. The number of carboxylic acids is 1. The van der Waals surface area contributed by atoms with E-state index in [2.05, 4.69) is 24.1 Å². The molecule has 0 spiro atoms. The lowest BCUT2D eigenvalue weighted by molar-refractivity contribution is -0.407. The standard InChI is InChI=1S/C14H20N2O2/c1-3-10(2)9-16-12-6-4-11(5-7-12)8-13(15)14(17)18/h3-7,13,16H,8-9,15H2,1-2H3,(H,17,18)/p+1. The average Bonchev–Trinajstić information content (AvgIpc) is 2.37. The van der Waals surface area contributed by atoms with Crippen LogP contribution in [0.5, 0.6) is 0 Å². The van der Waals surface area contributed by atoms with Gasteiger partial charge in [0.1, 0.15) is 0 Å². The molecule has 98 valence electrons. The van der Waals surface area contributed by atoms with E-state index in [-0.39, 0.29) is 0 Å². The number of hydrogen-bond acceptors (Lipinski definition) is 2. The minimum absolute atomic E-state index is 0.462. The fourth-order valence-electron chi connectivity index (χ4n) is 1.47. The first-order valence-corrected chi connectivity index (χ1v) is 6.03. The van der Waals surface area contributed by atoms with E-state index in [0.29, 0.717) is 6.42 Å². The summed E-state index contributed by atoms with van der Waals surface area (Å²) in [7, 11) is 0. The minimum atomic E-state index is -0.860. The predicted molar refractivity (Wildman–Crippen MR) is 72.4 cm³/mol. The molecular formula is C14H21N2O2+. The maximum Gasteiger partial charge on any atom is 0.362 e. The molecule has 4 nitrogen and oxygen atoms in total. The van der Waals surface area contributed by atoms with Crippen LogP contribution in [0.15, 0.2) is 35.9 Å². The van der Waals surface area contributed by atoms with Crippen LogP contribution in [-0.4, -0.2) is 23.7 Å². The minimum Gasteiger partial charge on any atom is -0.477 e. The van der Waals surface area contributed by atoms with E-state index in [4.69, 9.17) is 5.11 Å². The van der Waals surface area contributed by atoms with Gasteiger partial charge in [-0.15, -0.1) is 0 Å². The molecular weight excluding hydrogens is 228 g/mol. The average molecular weight is 249 g/mol. The van der Waals surface area contributed by atoms with E-state index >= 15 is 0 Å². The third-order valence-electron chi connectivity index (χ3n) is 2.85. The maximum atomic E-state index is 10.7. The number of nitrogens with one attached hydrogen (secondary N) is 1. The number of carbonyl (C=O) groups is 1. The Bertz CT molecular complexity index is 424.